The summed E-state index contributed by atoms with van der Waals surface area (Å²) in [6, 6.07) is 27.3. The predicted molar refractivity (Wildman–Crippen MR) is 139 cm³/mol. The molecule has 0 aromatic heterocycles. The van der Waals surface area contributed by atoms with Crippen LogP contribution in [0.2, 0.25) is 0 Å². The molecule has 28 heavy (non-hydrogen) atoms. The van der Waals surface area contributed by atoms with Crippen LogP contribution in [0.15, 0.2) is 72.8 Å². The molecule has 0 aliphatic rings. The van der Waals surface area contributed by atoms with Crippen molar-refractivity contribution in [3.05, 3.63) is 79.9 Å². The molecule has 0 aliphatic carbocycles. The molecular formula is C26H12I2. The molecule has 0 N–H and O–H groups in total. The van der Waals surface area contributed by atoms with Crippen molar-refractivity contribution in [2.75, 3.05) is 0 Å². The Morgan fingerprint density at radius 1 is 0.429 bits per heavy atom. The van der Waals surface area contributed by atoms with Gasteiger partial charge in [0, 0.05) is 12.5 Å². The van der Waals surface area contributed by atoms with E-state index < -0.39 is 0 Å². The van der Waals surface area contributed by atoms with Gasteiger partial charge in [-0.15, -0.1) is 0 Å². The second-order valence-corrected chi connectivity index (χ2v) is 9.81. The Kier molecular flexibility index (Phi) is 3.05. The molecule has 0 aliphatic heterocycles. The van der Waals surface area contributed by atoms with Crippen molar-refractivity contribution in [1.29, 1.82) is 0 Å². The van der Waals surface area contributed by atoms with Crippen LogP contribution in [0.3, 0.4) is 0 Å². The maximum absolute atomic E-state index is 2.54. The van der Waals surface area contributed by atoms with Crippen LogP contribution in [0.25, 0.3) is 64.6 Å². The molecule has 0 radical (unpaired) electrons. The summed E-state index contributed by atoms with van der Waals surface area (Å²) in [5, 5.41) is 16.6. The second-order valence-electron chi connectivity index (χ2n) is 7.57. The molecule has 130 valence electrons. The Bertz CT molecular complexity index is 1730. The third-order valence-corrected chi connectivity index (χ3v) is 9.27. The summed E-state index contributed by atoms with van der Waals surface area (Å²) in [5.41, 5.74) is 0. The maximum atomic E-state index is 2.54. The highest BCUT2D eigenvalue weighted by atomic mass is 127. The van der Waals surface area contributed by atoms with Crippen LogP contribution >= 0.6 is 45.2 Å². The molecule has 0 nitrogen and oxygen atoms in total. The van der Waals surface area contributed by atoms with Crippen LogP contribution in [-0.4, -0.2) is 0 Å². The van der Waals surface area contributed by atoms with Crippen LogP contribution in [0.5, 0.6) is 0 Å². The smallest absolute Gasteiger partial charge is 0.0349 e. The second kappa shape index (κ2) is 5.36. The monoisotopic (exact) mass is 578 g/mol. The lowest BCUT2D eigenvalue weighted by Gasteiger charge is -2.21. The van der Waals surface area contributed by atoms with E-state index in [0.717, 1.165) is 0 Å². The fourth-order valence-corrected chi connectivity index (χ4v) is 6.52. The molecule has 0 spiro atoms. The molecule has 0 saturated heterocycles. The first-order valence-corrected chi connectivity index (χ1v) is 11.5. The molecule has 7 aromatic carbocycles. The fraction of sp³-hybridized carbons (Fsp3) is 0. The lowest BCUT2D eigenvalue weighted by atomic mass is 9.83. The summed E-state index contributed by atoms with van der Waals surface area (Å²) in [5.74, 6) is 0. The Balaban J connectivity index is 2.04. The van der Waals surface area contributed by atoms with E-state index in [1.165, 1.54) is 71.8 Å². The highest BCUT2D eigenvalue weighted by molar-refractivity contribution is 14.1. The number of rotatable bonds is 0. The van der Waals surface area contributed by atoms with Gasteiger partial charge in [0.2, 0.25) is 0 Å². The van der Waals surface area contributed by atoms with E-state index in [4.69, 9.17) is 0 Å². The lowest BCUT2D eigenvalue weighted by Crippen LogP contribution is -1.94. The topological polar surface area (TPSA) is 0 Å². The van der Waals surface area contributed by atoms with Gasteiger partial charge in [0.05, 0.1) is 0 Å². The molecule has 0 unspecified atom stereocenters. The van der Waals surface area contributed by atoms with Crippen LogP contribution in [0.1, 0.15) is 0 Å². The molecule has 7 rings (SSSR count). The highest BCUT2D eigenvalue weighted by Crippen LogP contribution is 2.49. The summed E-state index contributed by atoms with van der Waals surface area (Å²) in [4.78, 5) is 0. The van der Waals surface area contributed by atoms with E-state index in [2.05, 4.69) is 118 Å². The Morgan fingerprint density at radius 3 is 1.82 bits per heavy atom. The average Bonchev–Trinajstić information content (AvgIpc) is 2.73. The zero-order valence-electron chi connectivity index (χ0n) is 14.7. The molecule has 0 bridgehead atoms. The molecule has 0 saturated carbocycles. The van der Waals surface area contributed by atoms with Crippen molar-refractivity contribution < 1.29 is 0 Å². The van der Waals surface area contributed by atoms with Gasteiger partial charge in [0.15, 0.2) is 0 Å². The Morgan fingerprint density at radius 2 is 1.07 bits per heavy atom. The normalized spacial score (nSPS) is 12.6. The zero-order valence-corrected chi connectivity index (χ0v) is 19.0. The highest BCUT2D eigenvalue weighted by Gasteiger charge is 2.21. The van der Waals surface area contributed by atoms with Gasteiger partial charge in [-0.05, 0) is 110 Å². The summed E-state index contributed by atoms with van der Waals surface area (Å²) >= 11 is 5.03. The van der Waals surface area contributed by atoms with E-state index in [9.17, 15) is 0 Å². The Labute approximate surface area is 188 Å². The van der Waals surface area contributed by atoms with Crippen LogP contribution in [0, 0.1) is 7.14 Å². The number of hydrogen-bond donors (Lipinski definition) is 0. The van der Waals surface area contributed by atoms with Crippen molar-refractivity contribution >= 4 is 110 Å². The number of fused-ring (bicyclic) bond motifs is 4. The van der Waals surface area contributed by atoms with Crippen molar-refractivity contribution in [1.82, 2.24) is 0 Å². The van der Waals surface area contributed by atoms with Crippen LogP contribution < -0.4 is 0 Å². The van der Waals surface area contributed by atoms with Crippen molar-refractivity contribution in [3.8, 4) is 0 Å². The third-order valence-electron chi connectivity index (χ3n) is 6.27. The van der Waals surface area contributed by atoms with E-state index in [0.29, 0.717) is 0 Å². The zero-order chi connectivity index (χ0) is 18.6. The Hall–Kier alpha value is -1.92. The fourth-order valence-electron chi connectivity index (χ4n) is 5.20. The minimum Gasteiger partial charge on any atom is -0.0616 e. The van der Waals surface area contributed by atoms with Crippen molar-refractivity contribution in [2.24, 2.45) is 0 Å². The summed E-state index contributed by atoms with van der Waals surface area (Å²) in [6.45, 7) is 0. The van der Waals surface area contributed by atoms with Gasteiger partial charge in [-0.25, -0.2) is 0 Å². The van der Waals surface area contributed by atoms with Gasteiger partial charge in [-0.3, -0.25) is 0 Å². The van der Waals surface area contributed by atoms with Crippen LogP contribution in [-0.2, 0) is 0 Å². The largest absolute Gasteiger partial charge is 0.0616 e. The molecule has 0 heterocycles. The maximum Gasteiger partial charge on any atom is 0.0349 e. The average molecular weight is 578 g/mol. The standard InChI is InChI=1S/C26H12I2/c27-20-12-14-9-11-18-16-6-2-1-5-15(16)17-10-8-13-4-3-7-19-21(13)23(17)24(18)22(14)25(19)26(20)28/h1-12H. The first kappa shape index (κ1) is 15.9. The minimum absolute atomic E-state index is 1.33. The van der Waals surface area contributed by atoms with E-state index in [-0.39, 0.29) is 0 Å². The van der Waals surface area contributed by atoms with Crippen LogP contribution in [0.4, 0.5) is 0 Å². The van der Waals surface area contributed by atoms with Gasteiger partial charge in [-0.1, -0.05) is 66.7 Å². The molecule has 7 aromatic rings. The molecule has 0 fully saturated rings. The SMILES string of the molecule is Ic1cc2ccc3c4ccccc4c4ccc5cccc6c(c1I)c2c3c4c56. The van der Waals surface area contributed by atoms with Gasteiger partial charge in [-0.2, -0.15) is 0 Å². The first-order chi connectivity index (χ1) is 13.7. The van der Waals surface area contributed by atoms with Crippen molar-refractivity contribution in [2.45, 2.75) is 0 Å². The molecule has 0 amide bonds. The van der Waals surface area contributed by atoms with Gasteiger partial charge in [0.1, 0.15) is 0 Å². The molecular weight excluding hydrogens is 566 g/mol. The van der Waals surface area contributed by atoms with Gasteiger partial charge in [0.25, 0.3) is 0 Å². The predicted octanol–water partition coefficient (Wildman–Crippen LogP) is 8.69. The van der Waals surface area contributed by atoms with E-state index >= 15 is 0 Å². The summed E-state index contributed by atoms with van der Waals surface area (Å²) < 4.78 is 2.69. The third kappa shape index (κ3) is 1.77. The van der Waals surface area contributed by atoms with E-state index in [1.807, 2.05) is 0 Å². The number of hydrogen-bond acceptors (Lipinski definition) is 0. The van der Waals surface area contributed by atoms with Gasteiger partial charge < -0.3 is 0 Å². The minimum atomic E-state index is 1.33. The molecule has 2 heteroatoms. The number of benzene rings is 7. The van der Waals surface area contributed by atoms with E-state index in [1.54, 1.807) is 0 Å². The molecule has 0 atom stereocenters. The van der Waals surface area contributed by atoms with Crippen molar-refractivity contribution in [3.63, 3.8) is 0 Å². The number of halogens is 2. The first-order valence-electron chi connectivity index (χ1n) is 9.35. The lowest BCUT2D eigenvalue weighted by molar-refractivity contribution is 1.70. The van der Waals surface area contributed by atoms with Gasteiger partial charge >= 0.3 is 0 Å². The quantitative estimate of drug-likeness (QED) is 0.0960. The summed E-state index contributed by atoms with van der Waals surface area (Å²) in [7, 11) is 0. The summed E-state index contributed by atoms with van der Waals surface area (Å²) in [6.07, 6.45) is 0.